The van der Waals surface area contributed by atoms with Gasteiger partial charge >= 0.3 is 0 Å². The Balaban J connectivity index is 3.05. The molecule has 0 heterocycles. The second kappa shape index (κ2) is 5.37. The van der Waals surface area contributed by atoms with Crippen molar-refractivity contribution in [1.82, 2.24) is 0 Å². The summed E-state index contributed by atoms with van der Waals surface area (Å²) in [5, 5.41) is 8.05. The number of halogens is 1. The van der Waals surface area contributed by atoms with E-state index in [2.05, 4.69) is 20.7 Å². The van der Waals surface area contributed by atoms with Gasteiger partial charge in [-0.2, -0.15) is 0 Å². The molecule has 0 spiro atoms. The Morgan fingerprint density at radius 3 is 2.24 bits per heavy atom. The first-order valence-electron chi connectivity index (χ1n) is 5.17. The van der Waals surface area contributed by atoms with Gasteiger partial charge in [0, 0.05) is 10.2 Å². The number of aliphatic hydroxyl groups is 1. The summed E-state index contributed by atoms with van der Waals surface area (Å²) in [6.07, 6.45) is 0. The fourth-order valence-corrected chi connectivity index (χ4v) is 2.44. The maximum Gasteiger partial charge on any atom is 0.237 e. The fraction of sp³-hybridized carbons (Fsp3) is 0.455. The average molecular weight is 322 g/mol. The van der Waals surface area contributed by atoms with Crippen LogP contribution in [0.1, 0.15) is 18.1 Å². The normalized spacial score (nSPS) is 13.5. The molecule has 0 saturated carbocycles. The highest BCUT2D eigenvalue weighted by Gasteiger charge is 2.20. The summed E-state index contributed by atoms with van der Waals surface area (Å²) in [6, 6.07) is 3.50. The van der Waals surface area contributed by atoms with E-state index in [9.17, 15) is 8.42 Å². The molecule has 17 heavy (non-hydrogen) atoms. The molecular formula is C11H16BrNO3S. The maximum absolute atomic E-state index is 11.8. The third-order valence-electron chi connectivity index (χ3n) is 2.48. The number of rotatable bonds is 4. The standard InChI is InChI=1S/C11H16BrNO3S/c1-7-4-10(5-8(2)11(7)12)13-17(15,16)9(3)6-14/h4-5,9,13-14H,6H2,1-3H3. The van der Waals surface area contributed by atoms with Crippen molar-refractivity contribution in [3.8, 4) is 0 Å². The molecule has 0 bridgehead atoms. The first-order chi connectivity index (χ1) is 7.77. The van der Waals surface area contributed by atoms with Crippen molar-refractivity contribution in [2.24, 2.45) is 0 Å². The molecule has 6 heteroatoms. The molecule has 1 aromatic rings. The van der Waals surface area contributed by atoms with Gasteiger partial charge in [0.1, 0.15) is 5.25 Å². The Labute approximate surface area is 110 Å². The van der Waals surface area contributed by atoms with Gasteiger partial charge in [0.15, 0.2) is 0 Å². The van der Waals surface area contributed by atoms with Crippen molar-refractivity contribution in [3.63, 3.8) is 0 Å². The topological polar surface area (TPSA) is 66.4 Å². The summed E-state index contributed by atoms with van der Waals surface area (Å²) in [5.74, 6) is 0. The molecule has 0 fully saturated rings. The SMILES string of the molecule is Cc1cc(NS(=O)(=O)C(C)CO)cc(C)c1Br. The molecule has 4 nitrogen and oxygen atoms in total. The monoisotopic (exact) mass is 321 g/mol. The number of aryl methyl sites for hydroxylation is 2. The molecule has 1 aromatic carbocycles. The van der Waals surface area contributed by atoms with Crippen LogP contribution in [-0.2, 0) is 10.0 Å². The fourth-order valence-electron chi connectivity index (χ4n) is 1.37. The number of anilines is 1. The number of aliphatic hydroxyl groups excluding tert-OH is 1. The van der Waals surface area contributed by atoms with Gasteiger partial charge in [-0.3, -0.25) is 4.72 Å². The molecule has 96 valence electrons. The minimum Gasteiger partial charge on any atom is -0.395 e. The lowest BCUT2D eigenvalue weighted by atomic mass is 10.1. The van der Waals surface area contributed by atoms with Gasteiger partial charge in [0.05, 0.1) is 6.61 Å². The molecule has 2 N–H and O–H groups in total. The molecule has 1 rings (SSSR count). The molecule has 1 atom stereocenters. The van der Waals surface area contributed by atoms with Crippen LogP contribution in [0.3, 0.4) is 0 Å². The van der Waals surface area contributed by atoms with E-state index in [4.69, 9.17) is 5.11 Å². The largest absolute Gasteiger partial charge is 0.395 e. The Hall–Kier alpha value is -0.590. The van der Waals surface area contributed by atoms with Gasteiger partial charge in [-0.25, -0.2) is 8.42 Å². The molecule has 0 saturated heterocycles. The quantitative estimate of drug-likeness (QED) is 0.893. The van der Waals surface area contributed by atoms with Crippen LogP contribution < -0.4 is 4.72 Å². The summed E-state index contributed by atoms with van der Waals surface area (Å²) in [6.45, 7) is 4.85. The zero-order chi connectivity index (χ0) is 13.2. The first-order valence-corrected chi connectivity index (χ1v) is 7.51. The van der Waals surface area contributed by atoms with Crippen molar-refractivity contribution < 1.29 is 13.5 Å². The summed E-state index contributed by atoms with van der Waals surface area (Å²) in [7, 11) is -3.53. The number of nitrogens with one attached hydrogen (secondary N) is 1. The first kappa shape index (κ1) is 14.5. The van der Waals surface area contributed by atoms with Crippen molar-refractivity contribution in [2.45, 2.75) is 26.0 Å². The Morgan fingerprint density at radius 1 is 1.35 bits per heavy atom. The molecular weight excluding hydrogens is 306 g/mol. The van der Waals surface area contributed by atoms with E-state index in [1.807, 2.05) is 13.8 Å². The average Bonchev–Trinajstić information content (AvgIpc) is 2.24. The number of hydrogen-bond acceptors (Lipinski definition) is 3. The summed E-state index contributed by atoms with van der Waals surface area (Å²) in [4.78, 5) is 0. The summed E-state index contributed by atoms with van der Waals surface area (Å²) in [5.41, 5.74) is 2.43. The molecule has 0 aliphatic carbocycles. The van der Waals surface area contributed by atoms with Gasteiger partial charge in [0.25, 0.3) is 0 Å². The van der Waals surface area contributed by atoms with E-state index in [0.717, 1.165) is 15.6 Å². The lowest BCUT2D eigenvalue weighted by Gasteiger charge is -2.14. The highest BCUT2D eigenvalue weighted by atomic mass is 79.9. The highest BCUT2D eigenvalue weighted by Crippen LogP contribution is 2.25. The number of hydrogen-bond donors (Lipinski definition) is 2. The van der Waals surface area contributed by atoms with E-state index in [-0.39, 0.29) is 0 Å². The van der Waals surface area contributed by atoms with Crippen LogP contribution >= 0.6 is 15.9 Å². The third-order valence-corrected chi connectivity index (χ3v) is 5.46. The van der Waals surface area contributed by atoms with Crippen LogP contribution in [0.15, 0.2) is 16.6 Å². The second-order valence-corrected chi connectivity index (χ2v) is 6.96. The predicted molar refractivity (Wildman–Crippen MR) is 72.7 cm³/mol. The molecule has 1 unspecified atom stereocenters. The Kier molecular flexibility index (Phi) is 4.57. The smallest absolute Gasteiger partial charge is 0.237 e. The van der Waals surface area contributed by atoms with Gasteiger partial charge in [-0.05, 0) is 44.0 Å². The maximum atomic E-state index is 11.8. The minimum absolute atomic E-state index is 0.399. The number of benzene rings is 1. The predicted octanol–water partition coefficient (Wildman–Crippen LogP) is 2.19. The Morgan fingerprint density at radius 2 is 1.82 bits per heavy atom. The van der Waals surface area contributed by atoms with Crippen molar-refractivity contribution in [1.29, 1.82) is 0 Å². The number of sulfonamides is 1. The third kappa shape index (κ3) is 3.43. The van der Waals surface area contributed by atoms with Crippen LogP contribution in [0, 0.1) is 13.8 Å². The lowest BCUT2D eigenvalue weighted by Crippen LogP contribution is -2.28. The van der Waals surface area contributed by atoms with Gasteiger partial charge in [0.2, 0.25) is 10.0 Å². The minimum atomic E-state index is -3.53. The van der Waals surface area contributed by atoms with Gasteiger partial charge < -0.3 is 5.11 Å². The molecule has 0 aliphatic rings. The van der Waals surface area contributed by atoms with E-state index in [1.165, 1.54) is 6.92 Å². The Bertz CT molecular complexity index is 490. The molecule has 0 aromatic heterocycles. The zero-order valence-electron chi connectivity index (χ0n) is 9.99. The molecule has 0 amide bonds. The summed E-state index contributed by atoms with van der Waals surface area (Å²) >= 11 is 3.42. The van der Waals surface area contributed by atoms with Crippen molar-refractivity contribution >= 4 is 31.6 Å². The van der Waals surface area contributed by atoms with E-state index in [1.54, 1.807) is 12.1 Å². The van der Waals surface area contributed by atoms with Crippen LogP contribution in [0.2, 0.25) is 0 Å². The lowest BCUT2D eigenvalue weighted by molar-refractivity contribution is 0.296. The van der Waals surface area contributed by atoms with E-state index < -0.39 is 21.9 Å². The second-order valence-electron chi connectivity index (χ2n) is 4.06. The van der Waals surface area contributed by atoms with Crippen molar-refractivity contribution in [3.05, 3.63) is 27.7 Å². The van der Waals surface area contributed by atoms with Gasteiger partial charge in [-0.1, -0.05) is 15.9 Å². The van der Waals surface area contributed by atoms with Crippen LogP contribution in [0.25, 0.3) is 0 Å². The van der Waals surface area contributed by atoms with E-state index in [0.29, 0.717) is 5.69 Å². The molecule has 0 radical (unpaired) electrons. The molecule has 0 aliphatic heterocycles. The summed E-state index contributed by atoms with van der Waals surface area (Å²) < 4.78 is 26.9. The van der Waals surface area contributed by atoms with Crippen LogP contribution in [0.4, 0.5) is 5.69 Å². The van der Waals surface area contributed by atoms with E-state index >= 15 is 0 Å². The van der Waals surface area contributed by atoms with Crippen LogP contribution in [0.5, 0.6) is 0 Å². The van der Waals surface area contributed by atoms with Crippen molar-refractivity contribution in [2.75, 3.05) is 11.3 Å². The van der Waals surface area contributed by atoms with Gasteiger partial charge in [-0.15, -0.1) is 0 Å². The highest BCUT2D eigenvalue weighted by molar-refractivity contribution is 9.10. The zero-order valence-corrected chi connectivity index (χ0v) is 12.4. The van der Waals surface area contributed by atoms with Crippen LogP contribution in [-0.4, -0.2) is 25.4 Å².